The molecule has 1 nitrogen and oxygen atoms in total. The summed E-state index contributed by atoms with van der Waals surface area (Å²) >= 11 is 0. The van der Waals surface area contributed by atoms with Crippen molar-refractivity contribution in [2.24, 2.45) is 76.7 Å². The third-order valence-electron chi connectivity index (χ3n) is 13.8. The lowest BCUT2D eigenvalue weighted by Gasteiger charge is -2.50. The Balaban J connectivity index is 1.05. The van der Waals surface area contributed by atoms with Crippen LogP contribution >= 0.6 is 0 Å². The quantitative estimate of drug-likeness (QED) is 0.319. The first-order valence-electron chi connectivity index (χ1n) is 18.5. The highest BCUT2D eigenvalue weighted by atomic mass is 14.5. The van der Waals surface area contributed by atoms with Crippen molar-refractivity contribution in [1.82, 2.24) is 0 Å². The minimum Gasteiger partial charge on any atom is -0.327 e. The molecule has 0 saturated heterocycles. The van der Waals surface area contributed by atoms with Gasteiger partial charge >= 0.3 is 0 Å². The first kappa shape index (κ1) is 29.1. The third kappa shape index (κ3) is 5.55. The first-order chi connectivity index (χ1) is 20.8. The zero-order valence-corrected chi connectivity index (χ0v) is 26.6. The fraction of sp³-hybridized carbons (Fsp3) is 0.707. The van der Waals surface area contributed by atoms with E-state index in [1.54, 1.807) is 5.57 Å². The normalized spacial score (nSPS) is 45.1. The molecule has 0 heterocycles. The van der Waals surface area contributed by atoms with Crippen molar-refractivity contribution in [2.45, 2.75) is 103 Å². The summed E-state index contributed by atoms with van der Waals surface area (Å²) in [6.07, 6.45) is 46.8. The van der Waals surface area contributed by atoms with Gasteiger partial charge in [-0.25, -0.2) is 0 Å². The van der Waals surface area contributed by atoms with Crippen LogP contribution in [0, 0.1) is 71.0 Å². The second-order valence-corrected chi connectivity index (χ2v) is 15.4. The van der Waals surface area contributed by atoms with E-state index in [9.17, 15) is 0 Å². The molecule has 0 aliphatic heterocycles. The smallest absolute Gasteiger partial charge is 0.0109 e. The molecule has 2 fully saturated rings. The van der Waals surface area contributed by atoms with E-state index in [-0.39, 0.29) is 0 Å². The van der Waals surface area contributed by atoms with Gasteiger partial charge in [-0.1, -0.05) is 85.3 Å². The van der Waals surface area contributed by atoms with Crippen LogP contribution in [-0.4, -0.2) is 6.54 Å². The largest absolute Gasteiger partial charge is 0.327 e. The molecule has 10 unspecified atom stereocenters. The maximum atomic E-state index is 5.99. The highest BCUT2D eigenvalue weighted by molar-refractivity contribution is 5.28. The Bertz CT molecular complexity index is 1110. The van der Waals surface area contributed by atoms with Crippen LogP contribution in [0.15, 0.2) is 71.9 Å². The SMILES string of the molecule is CC/C(=C\CN)C1CC=C(C2CCC(C3C=CC(C4CCCC5C=CCCC54)C4C=CCCC34)CC2)C2C=CCCC21. The lowest BCUT2D eigenvalue weighted by molar-refractivity contribution is 0.0584. The summed E-state index contributed by atoms with van der Waals surface area (Å²) in [7, 11) is 0. The van der Waals surface area contributed by atoms with Gasteiger partial charge in [0.2, 0.25) is 0 Å². The van der Waals surface area contributed by atoms with E-state index in [0.29, 0.717) is 18.4 Å². The van der Waals surface area contributed by atoms with Gasteiger partial charge in [-0.3, -0.25) is 0 Å². The molecular weight excluding hydrogens is 506 g/mol. The summed E-state index contributed by atoms with van der Waals surface area (Å²) < 4.78 is 0. The molecule has 1 heteroatoms. The number of fused-ring (bicyclic) bond motifs is 3. The monoisotopic (exact) mass is 565 g/mol. The molecule has 0 spiro atoms. The molecule has 7 rings (SSSR count). The van der Waals surface area contributed by atoms with Crippen LogP contribution in [0.25, 0.3) is 0 Å². The highest BCUT2D eigenvalue weighted by Crippen LogP contribution is 2.55. The molecule has 2 saturated carbocycles. The molecule has 0 aromatic carbocycles. The average molecular weight is 566 g/mol. The van der Waals surface area contributed by atoms with E-state index in [1.807, 2.05) is 5.57 Å². The van der Waals surface area contributed by atoms with E-state index < -0.39 is 0 Å². The fourth-order valence-corrected chi connectivity index (χ4v) is 11.9. The van der Waals surface area contributed by atoms with Crippen molar-refractivity contribution < 1.29 is 0 Å². The van der Waals surface area contributed by atoms with Crippen molar-refractivity contribution in [3.63, 3.8) is 0 Å². The fourth-order valence-electron chi connectivity index (χ4n) is 11.9. The minimum absolute atomic E-state index is 0.684. The average Bonchev–Trinajstić information content (AvgIpc) is 3.06. The van der Waals surface area contributed by atoms with Crippen LogP contribution in [0.1, 0.15) is 103 Å². The lowest BCUT2D eigenvalue weighted by atomic mass is 9.54. The van der Waals surface area contributed by atoms with Gasteiger partial charge in [-0.15, -0.1) is 0 Å². The Morgan fingerprint density at radius 2 is 1.43 bits per heavy atom. The number of nitrogens with two attached hydrogens (primary N) is 1. The summed E-state index contributed by atoms with van der Waals surface area (Å²) in [6.45, 7) is 3.03. The van der Waals surface area contributed by atoms with Gasteiger partial charge in [-0.2, -0.15) is 0 Å². The van der Waals surface area contributed by atoms with Gasteiger partial charge in [0.1, 0.15) is 0 Å². The van der Waals surface area contributed by atoms with Gasteiger partial charge in [0.15, 0.2) is 0 Å². The van der Waals surface area contributed by atoms with Crippen LogP contribution in [-0.2, 0) is 0 Å². The molecule has 7 aliphatic carbocycles. The zero-order valence-electron chi connectivity index (χ0n) is 26.6. The minimum atomic E-state index is 0.684. The number of rotatable bonds is 6. The molecule has 0 radical (unpaired) electrons. The van der Waals surface area contributed by atoms with Crippen molar-refractivity contribution in [3.05, 3.63) is 71.9 Å². The van der Waals surface area contributed by atoms with Crippen molar-refractivity contribution in [3.8, 4) is 0 Å². The van der Waals surface area contributed by atoms with Crippen LogP contribution in [0.5, 0.6) is 0 Å². The Morgan fingerprint density at radius 3 is 2.24 bits per heavy atom. The van der Waals surface area contributed by atoms with Crippen molar-refractivity contribution >= 4 is 0 Å². The maximum absolute atomic E-state index is 5.99. The Hall–Kier alpha value is -1.60. The Morgan fingerprint density at radius 1 is 0.714 bits per heavy atom. The standard InChI is InChI=1S/C41H59N/c1-2-28(26-27-42)33-22-23-34(37-14-6-5-13-36(33)37)30-18-20-31(21-19-30)35-24-25-41(40-16-8-7-15-38(35)40)39-17-9-11-29-10-3-4-12-32(29)39/h3,6,8,10,14,16,23-26,29-33,35-41H,2,4-5,7,9,11-13,15,17-22,27,42H2,1H3/b28-26+. The van der Waals surface area contributed by atoms with Crippen LogP contribution in [0.4, 0.5) is 0 Å². The summed E-state index contributed by atoms with van der Waals surface area (Å²) in [5, 5.41) is 0. The van der Waals surface area contributed by atoms with Gasteiger partial charge < -0.3 is 5.73 Å². The van der Waals surface area contributed by atoms with E-state index >= 15 is 0 Å². The number of hydrogen-bond donors (Lipinski definition) is 1. The molecule has 10 atom stereocenters. The molecule has 2 N–H and O–H groups in total. The highest BCUT2D eigenvalue weighted by Gasteiger charge is 2.46. The lowest BCUT2D eigenvalue weighted by Crippen LogP contribution is -2.43. The van der Waals surface area contributed by atoms with Crippen LogP contribution in [0.3, 0.4) is 0 Å². The number of allylic oxidation sites excluding steroid dienone is 11. The predicted molar refractivity (Wildman–Crippen MR) is 179 cm³/mol. The second-order valence-electron chi connectivity index (χ2n) is 15.4. The van der Waals surface area contributed by atoms with Crippen molar-refractivity contribution in [2.75, 3.05) is 6.54 Å². The van der Waals surface area contributed by atoms with Gasteiger partial charge in [0, 0.05) is 12.5 Å². The van der Waals surface area contributed by atoms with Gasteiger partial charge in [0.25, 0.3) is 0 Å². The van der Waals surface area contributed by atoms with Crippen molar-refractivity contribution in [1.29, 1.82) is 0 Å². The molecule has 7 aliphatic rings. The number of hydrogen-bond acceptors (Lipinski definition) is 1. The summed E-state index contributed by atoms with van der Waals surface area (Å²) in [5.41, 5.74) is 9.46. The molecule has 0 amide bonds. The zero-order chi connectivity index (χ0) is 28.5. The van der Waals surface area contributed by atoms with E-state index in [2.05, 4.69) is 67.7 Å². The molecule has 42 heavy (non-hydrogen) atoms. The van der Waals surface area contributed by atoms with Gasteiger partial charge in [0.05, 0.1) is 0 Å². The predicted octanol–water partition coefficient (Wildman–Crippen LogP) is 10.4. The second kappa shape index (κ2) is 13.2. The maximum Gasteiger partial charge on any atom is 0.0109 e. The Kier molecular flexibility index (Phi) is 9.14. The first-order valence-corrected chi connectivity index (χ1v) is 18.5. The Labute approximate surface area is 257 Å². The topological polar surface area (TPSA) is 26.0 Å². The summed E-state index contributed by atoms with van der Waals surface area (Å²) in [5.74, 6) is 10.00. The van der Waals surface area contributed by atoms with E-state index in [4.69, 9.17) is 5.73 Å². The van der Waals surface area contributed by atoms with E-state index in [0.717, 1.165) is 65.6 Å². The summed E-state index contributed by atoms with van der Waals surface area (Å²) in [6, 6.07) is 0. The molecule has 0 aromatic rings. The molecular formula is C41H59N. The molecule has 228 valence electrons. The van der Waals surface area contributed by atoms with Gasteiger partial charge in [-0.05, 0) is 155 Å². The van der Waals surface area contributed by atoms with Crippen LogP contribution in [0.2, 0.25) is 0 Å². The third-order valence-corrected chi connectivity index (χ3v) is 13.8. The van der Waals surface area contributed by atoms with Crippen LogP contribution < -0.4 is 5.73 Å². The molecule has 0 bridgehead atoms. The summed E-state index contributed by atoms with van der Waals surface area (Å²) in [4.78, 5) is 0. The van der Waals surface area contributed by atoms with E-state index in [1.165, 1.54) is 89.9 Å². The molecule has 0 aromatic heterocycles.